The molecule has 0 aromatic heterocycles. The number of amides is 4. The fourth-order valence-corrected chi connectivity index (χ4v) is 3.87. The van der Waals surface area contributed by atoms with Crippen LogP contribution in [-0.2, 0) is 25.5 Å². The molecule has 1 aromatic carbocycles. The molecule has 29 heavy (non-hydrogen) atoms. The minimum Gasteiger partial charge on any atom is -0.454 e. The number of imide groups is 1. The smallest absolute Gasteiger partial charge is 0.326 e. The Balaban J connectivity index is 1.45. The molecule has 1 aromatic rings. The van der Waals surface area contributed by atoms with E-state index in [9.17, 15) is 19.2 Å². The lowest BCUT2D eigenvalue weighted by atomic mass is 9.98. The average Bonchev–Trinajstić information content (AvgIpc) is 3.27. The highest BCUT2D eigenvalue weighted by atomic mass is 16.5. The van der Waals surface area contributed by atoms with Crippen LogP contribution in [0.25, 0.3) is 0 Å². The summed E-state index contributed by atoms with van der Waals surface area (Å²) in [5.74, 6) is -1.63. The molecule has 1 aliphatic carbocycles. The van der Waals surface area contributed by atoms with Gasteiger partial charge in [0.25, 0.3) is 11.8 Å². The zero-order valence-corrected chi connectivity index (χ0v) is 16.8. The standard InChI is InChI=1S/C21H27N3O5/c1-3-15-6-8-16(9-7-15)14(2)22-17(25)13-29-18(26)12-24-19(27)21(23-20(24)28)10-4-5-11-21/h6-9,14H,3-5,10-13H2,1-2H3,(H,22,25)(H,23,28)/t14-/m1/s1. The Morgan fingerprint density at radius 1 is 1.21 bits per heavy atom. The fourth-order valence-electron chi connectivity index (χ4n) is 3.87. The molecule has 8 nitrogen and oxygen atoms in total. The fraction of sp³-hybridized carbons (Fsp3) is 0.524. The van der Waals surface area contributed by atoms with Gasteiger partial charge in [-0.2, -0.15) is 0 Å². The number of urea groups is 1. The van der Waals surface area contributed by atoms with Crippen LogP contribution in [0.2, 0.25) is 0 Å². The number of rotatable bonds is 7. The van der Waals surface area contributed by atoms with Gasteiger partial charge in [0.15, 0.2) is 6.61 Å². The van der Waals surface area contributed by atoms with Crippen molar-refractivity contribution in [3.05, 3.63) is 35.4 Å². The summed E-state index contributed by atoms with van der Waals surface area (Å²) in [7, 11) is 0. The molecular formula is C21H27N3O5. The molecule has 2 aliphatic rings. The molecule has 2 N–H and O–H groups in total. The summed E-state index contributed by atoms with van der Waals surface area (Å²) in [5.41, 5.74) is 1.29. The summed E-state index contributed by atoms with van der Waals surface area (Å²) in [6.45, 7) is 2.95. The van der Waals surface area contributed by atoms with Crippen molar-refractivity contribution in [3.8, 4) is 0 Å². The molecule has 1 saturated heterocycles. The maximum absolute atomic E-state index is 12.5. The highest BCUT2D eigenvalue weighted by Gasteiger charge is 2.52. The van der Waals surface area contributed by atoms with Crippen LogP contribution in [0.4, 0.5) is 4.79 Å². The quantitative estimate of drug-likeness (QED) is 0.536. The van der Waals surface area contributed by atoms with E-state index in [1.165, 1.54) is 5.56 Å². The van der Waals surface area contributed by atoms with Crippen LogP contribution in [0.15, 0.2) is 24.3 Å². The topological polar surface area (TPSA) is 105 Å². The minimum atomic E-state index is -0.864. The van der Waals surface area contributed by atoms with Crippen molar-refractivity contribution < 1.29 is 23.9 Å². The Morgan fingerprint density at radius 2 is 1.86 bits per heavy atom. The summed E-state index contributed by atoms with van der Waals surface area (Å²) in [6.07, 6.45) is 3.84. The van der Waals surface area contributed by atoms with Gasteiger partial charge in [0.2, 0.25) is 0 Å². The maximum Gasteiger partial charge on any atom is 0.326 e. The first-order valence-electron chi connectivity index (χ1n) is 10.0. The molecule has 3 rings (SSSR count). The van der Waals surface area contributed by atoms with Gasteiger partial charge >= 0.3 is 12.0 Å². The summed E-state index contributed by atoms with van der Waals surface area (Å²) in [5, 5.41) is 5.47. The summed E-state index contributed by atoms with van der Waals surface area (Å²) in [4.78, 5) is 49.6. The van der Waals surface area contributed by atoms with Crippen LogP contribution in [0.3, 0.4) is 0 Å². The van der Waals surface area contributed by atoms with E-state index in [0.717, 1.165) is 29.7 Å². The van der Waals surface area contributed by atoms with Crippen molar-refractivity contribution in [2.45, 2.75) is 57.5 Å². The summed E-state index contributed by atoms with van der Waals surface area (Å²) in [6, 6.07) is 7.10. The van der Waals surface area contributed by atoms with Gasteiger partial charge < -0.3 is 15.4 Å². The van der Waals surface area contributed by atoms with Gasteiger partial charge in [-0.05, 0) is 37.3 Å². The number of hydrogen-bond acceptors (Lipinski definition) is 5. The van der Waals surface area contributed by atoms with Crippen LogP contribution in [-0.4, -0.2) is 47.4 Å². The monoisotopic (exact) mass is 401 g/mol. The van der Waals surface area contributed by atoms with Gasteiger partial charge in [-0.1, -0.05) is 44.0 Å². The van der Waals surface area contributed by atoms with Gasteiger partial charge in [-0.15, -0.1) is 0 Å². The predicted molar refractivity (Wildman–Crippen MR) is 105 cm³/mol. The van der Waals surface area contributed by atoms with Crippen molar-refractivity contribution in [3.63, 3.8) is 0 Å². The second-order valence-electron chi connectivity index (χ2n) is 7.66. The SMILES string of the molecule is CCc1ccc([C@@H](C)NC(=O)COC(=O)CN2C(=O)NC3(CCCC3)C2=O)cc1. The summed E-state index contributed by atoms with van der Waals surface area (Å²) >= 11 is 0. The third kappa shape index (κ3) is 4.58. The Morgan fingerprint density at radius 3 is 2.48 bits per heavy atom. The van der Waals surface area contributed by atoms with Gasteiger partial charge in [0.1, 0.15) is 12.1 Å². The lowest BCUT2D eigenvalue weighted by Gasteiger charge is -2.19. The normalized spacial score (nSPS) is 18.6. The molecule has 0 radical (unpaired) electrons. The van der Waals surface area contributed by atoms with E-state index in [1.807, 2.05) is 31.2 Å². The molecule has 4 amide bonds. The molecule has 0 unspecified atom stereocenters. The van der Waals surface area contributed by atoms with Gasteiger partial charge in [-0.25, -0.2) is 4.79 Å². The Labute approximate surface area is 170 Å². The van der Waals surface area contributed by atoms with E-state index in [2.05, 4.69) is 17.6 Å². The van der Waals surface area contributed by atoms with Crippen LogP contribution in [0, 0.1) is 0 Å². The zero-order chi connectivity index (χ0) is 21.0. The second kappa shape index (κ2) is 8.63. The van der Waals surface area contributed by atoms with Crippen LogP contribution >= 0.6 is 0 Å². The number of nitrogens with zero attached hydrogens (tertiary/aromatic N) is 1. The number of aryl methyl sites for hydroxylation is 1. The van der Waals surface area contributed by atoms with E-state index < -0.39 is 36.6 Å². The van der Waals surface area contributed by atoms with E-state index in [0.29, 0.717) is 12.8 Å². The van der Waals surface area contributed by atoms with Gasteiger partial charge in [0.05, 0.1) is 6.04 Å². The van der Waals surface area contributed by atoms with Crippen molar-refractivity contribution in [1.82, 2.24) is 15.5 Å². The third-order valence-electron chi connectivity index (χ3n) is 5.62. The van der Waals surface area contributed by atoms with Crippen LogP contribution in [0.5, 0.6) is 0 Å². The first kappa shape index (κ1) is 20.8. The molecule has 1 heterocycles. The maximum atomic E-state index is 12.5. The highest BCUT2D eigenvalue weighted by molar-refractivity contribution is 6.08. The van der Waals surface area contributed by atoms with Crippen molar-refractivity contribution in [1.29, 1.82) is 0 Å². The molecule has 2 fully saturated rings. The number of ether oxygens (including phenoxy) is 1. The first-order valence-corrected chi connectivity index (χ1v) is 10.0. The molecule has 1 spiro atoms. The van der Waals surface area contributed by atoms with Gasteiger partial charge in [0, 0.05) is 0 Å². The van der Waals surface area contributed by atoms with E-state index >= 15 is 0 Å². The Kier molecular flexibility index (Phi) is 6.20. The molecule has 1 saturated carbocycles. The predicted octanol–water partition coefficient (Wildman–Crippen LogP) is 1.83. The number of benzene rings is 1. The average molecular weight is 401 g/mol. The molecular weight excluding hydrogens is 374 g/mol. The Bertz CT molecular complexity index is 799. The van der Waals surface area contributed by atoms with E-state index in [4.69, 9.17) is 4.74 Å². The number of nitrogens with one attached hydrogen (secondary N) is 2. The number of hydrogen-bond donors (Lipinski definition) is 2. The summed E-state index contributed by atoms with van der Waals surface area (Å²) < 4.78 is 4.96. The third-order valence-corrected chi connectivity index (χ3v) is 5.62. The first-order chi connectivity index (χ1) is 13.8. The molecule has 0 bridgehead atoms. The van der Waals surface area contributed by atoms with Crippen molar-refractivity contribution >= 4 is 23.8 Å². The number of carbonyl (C=O) groups excluding carboxylic acids is 4. The number of carbonyl (C=O) groups is 4. The van der Waals surface area contributed by atoms with Crippen LogP contribution in [0.1, 0.15) is 56.7 Å². The zero-order valence-electron chi connectivity index (χ0n) is 16.8. The van der Waals surface area contributed by atoms with Crippen molar-refractivity contribution in [2.75, 3.05) is 13.2 Å². The molecule has 8 heteroatoms. The van der Waals surface area contributed by atoms with E-state index in [-0.39, 0.29) is 11.9 Å². The largest absolute Gasteiger partial charge is 0.454 e. The van der Waals surface area contributed by atoms with E-state index in [1.54, 1.807) is 0 Å². The van der Waals surface area contributed by atoms with Crippen LogP contribution < -0.4 is 10.6 Å². The van der Waals surface area contributed by atoms with Gasteiger partial charge in [-0.3, -0.25) is 19.3 Å². The highest BCUT2D eigenvalue weighted by Crippen LogP contribution is 2.34. The molecule has 156 valence electrons. The lowest BCUT2D eigenvalue weighted by Crippen LogP contribution is -2.44. The molecule has 1 aliphatic heterocycles. The second-order valence-corrected chi connectivity index (χ2v) is 7.66. The minimum absolute atomic E-state index is 0.236. The Hall–Kier alpha value is -2.90. The van der Waals surface area contributed by atoms with Crippen molar-refractivity contribution in [2.24, 2.45) is 0 Å². The molecule has 1 atom stereocenters. The number of esters is 1. The lowest BCUT2D eigenvalue weighted by molar-refractivity contribution is -0.151.